The molecule has 11 heteroatoms. The second kappa shape index (κ2) is 15.4. The molecule has 0 saturated carbocycles. The molecule has 0 bridgehead atoms. The lowest BCUT2D eigenvalue weighted by Crippen LogP contribution is -2.50. The zero-order valence-electron chi connectivity index (χ0n) is 21.0. The van der Waals surface area contributed by atoms with Crippen LogP contribution in [0.25, 0.3) is 0 Å². The molecule has 1 unspecified atom stereocenters. The number of anilines is 1. The van der Waals surface area contributed by atoms with Gasteiger partial charge in [-0.2, -0.15) is 5.26 Å². The van der Waals surface area contributed by atoms with E-state index >= 15 is 0 Å². The number of nitriles is 1. The number of amides is 1. The van der Waals surface area contributed by atoms with E-state index in [4.69, 9.17) is 5.26 Å². The maximum absolute atomic E-state index is 13.2. The van der Waals surface area contributed by atoms with E-state index in [0.717, 1.165) is 49.7 Å². The number of imidazole rings is 1. The second-order valence-electron chi connectivity index (χ2n) is 8.42. The summed E-state index contributed by atoms with van der Waals surface area (Å²) in [5.41, 5.74) is 3.38. The van der Waals surface area contributed by atoms with E-state index in [2.05, 4.69) is 44.7 Å². The molecule has 4 rings (SSSR count). The first kappa shape index (κ1) is 32.2. The summed E-state index contributed by atoms with van der Waals surface area (Å²) in [4.78, 5) is 31.8. The first-order chi connectivity index (χ1) is 16.6. The molecular formula is C26H34Cl3N7O. The van der Waals surface area contributed by atoms with Crippen molar-refractivity contribution in [3.8, 4) is 6.07 Å². The zero-order chi connectivity index (χ0) is 23.9. The van der Waals surface area contributed by atoms with E-state index in [0.29, 0.717) is 24.3 Å². The molecule has 1 aliphatic heterocycles. The Morgan fingerprint density at radius 2 is 1.73 bits per heavy atom. The molecule has 3 heterocycles. The van der Waals surface area contributed by atoms with Gasteiger partial charge in [0, 0.05) is 45.5 Å². The van der Waals surface area contributed by atoms with E-state index in [9.17, 15) is 4.79 Å². The quantitative estimate of drug-likeness (QED) is 0.431. The van der Waals surface area contributed by atoms with E-state index in [-0.39, 0.29) is 49.2 Å². The maximum atomic E-state index is 13.2. The normalized spacial score (nSPS) is 13.8. The number of aromatic nitrogens is 3. The lowest BCUT2D eigenvalue weighted by Gasteiger charge is -2.39. The molecule has 3 aromatic rings. The van der Waals surface area contributed by atoms with Crippen LogP contribution in [0.1, 0.15) is 47.2 Å². The number of hydrogen-bond acceptors (Lipinski definition) is 6. The Bertz CT molecular complexity index is 1120. The summed E-state index contributed by atoms with van der Waals surface area (Å²) in [6, 6.07) is 15.7. The maximum Gasteiger partial charge on any atom is 0.272 e. The lowest BCUT2D eigenvalue weighted by molar-refractivity contribution is 0.0557. The minimum Gasteiger partial charge on any atom is -0.357 e. The van der Waals surface area contributed by atoms with Crippen LogP contribution in [0.5, 0.6) is 0 Å². The molecule has 2 aromatic heterocycles. The standard InChI is InChI=1S/C26H31N7O.3ClH/c1-3-31(4-2)25-7-5-6-22(30-25)26(34)33-14-12-32(13-15-33)24(23-18-28-19-29-23)16-20-8-10-21(17-27)11-9-20;;;/h5-11,18-19,24H,3-4,12-16H2,1-2H3,(H,28,29);3*1H. The summed E-state index contributed by atoms with van der Waals surface area (Å²) < 4.78 is 0. The van der Waals surface area contributed by atoms with Gasteiger partial charge in [0.05, 0.1) is 29.7 Å². The fourth-order valence-corrected chi connectivity index (χ4v) is 4.49. The number of pyridine rings is 1. The van der Waals surface area contributed by atoms with E-state index < -0.39 is 0 Å². The van der Waals surface area contributed by atoms with Crippen molar-refractivity contribution < 1.29 is 4.79 Å². The molecule has 1 aromatic carbocycles. The Labute approximate surface area is 237 Å². The van der Waals surface area contributed by atoms with Crippen molar-refractivity contribution in [3.05, 3.63) is 77.5 Å². The Morgan fingerprint density at radius 1 is 1.05 bits per heavy atom. The average Bonchev–Trinajstić information content (AvgIpc) is 3.43. The highest BCUT2D eigenvalue weighted by molar-refractivity contribution is 5.92. The Kier molecular flexibility index (Phi) is 13.4. The van der Waals surface area contributed by atoms with E-state index in [1.54, 1.807) is 12.4 Å². The Morgan fingerprint density at radius 3 is 2.30 bits per heavy atom. The van der Waals surface area contributed by atoms with Crippen LogP contribution >= 0.6 is 37.2 Å². The third kappa shape index (κ3) is 7.83. The zero-order valence-corrected chi connectivity index (χ0v) is 23.5. The fraction of sp³-hybridized carbons (Fsp3) is 0.385. The molecule has 8 nitrogen and oxygen atoms in total. The number of H-pyrrole nitrogens is 1. The number of piperazine rings is 1. The molecule has 200 valence electrons. The summed E-state index contributed by atoms with van der Waals surface area (Å²) in [6.07, 6.45) is 4.37. The molecule has 0 aliphatic carbocycles. The van der Waals surface area contributed by atoms with Crippen molar-refractivity contribution in [2.24, 2.45) is 0 Å². The van der Waals surface area contributed by atoms with Gasteiger partial charge in [0.1, 0.15) is 11.5 Å². The first-order valence-electron chi connectivity index (χ1n) is 11.9. The highest BCUT2D eigenvalue weighted by Gasteiger charge is 2.29. The highest BCUT2D eigenvalue weighted by Crippen LogP contribution is 2.25. The monoisotopic (exact) mass is 565 g/mol. The summed E-state index contributed by atoms with van der Waals surface area (Å²) >= 11 is 0. The van der Waals surface area contributed by atoms with Gasteiger partial charge >= 0.3 is 0 Å². The van der Waals surface area contributed by atoms with Crippen molar-refractivity contribution in [2.75, 3.05) is 44.2 Å². The highest BCUT2D eigenvalue weighted by atomic mass is 35.5. The number of aromatic amines is 1. The van der Waals surface area contributed by atoms with Crippen molar-refractivity contribution in [3.63, 3.8) is 0 Å². The molecule has 1 fully saturated rings. The van der Waals surface area contributed by atoms with Crippen LogP contribution in [0.4, 0.5) is 5.82 Å². The van der Waals surface area contributed by atoms with Crippen molar-refractivity contribution in [2.45, 2.75) is 26.3 Å². The molecule has 37 heavy (non-hydrogen) atoms. The molecule has 1 saturated heterocycles. The molecule has 0 spiro atoms. The van der Waals surface area contributed by atoms with Gasteiger partial charge in [0.2, 0.25) is 0 Å². The van der Waals surface area contributed by atoms with Crippen molar-refractivity contribution >= 4 is 48.9 Å². The number of carbonyl (C=O) groups is 1. The molecule has 0 radical (unpaired) electrons. The number of carbonyl (C=O) groups excluding carboxylic acids is 1. The average molecular weight is 567 g/mol. The molecule has 1 aliphatic rings. The Hall–Kier alpha value is -2.83. The van der Waals surface area contributed by atoms with Crippen molar-refractivity contribution in [1.82, 2.24) is 24.8 Å². The molecular weight excluding hydrogens is 533 g/mol. The van der Waals surface area contributed by atoms with E-state index in [1.165, 1.54) is 0 Å². The van der Waals surface area contributed by atoms with Gasteiger partial charge in [-0.3, -0.25) is 9.69 Å². The van der Waals surface area contributed by atoms with Crippen LogP contribution in [0.2, 0.25) is 0 Å². The van der Waals surface area contributed by atoms with Gasteiger partial charge in [-0.1, -0.05) is 18.2 Å². The van der Waals surface area contributed by atoms with Crippen LogP contribution in [0.3, 0.4) is 0 Å². The first-order valence-corrected chi connectivity index (χ1v) is 11.9. The largest absolute Gasteiger partial charge is 0.357 e. The predicted molar refractivity (Wildman–Crippen MR) is 153 cm³/mol. The fourth-order valence-electron chi connectivity index (χ4n) is 4.49. The van der Waals surface area contributed by atoms with Gasteiger partial charge in [0.25, 0.3) is 5.91 Å². The topological polar surface area (TPSA) is 92.2 Å². The number of nitrogens with zero attached hydrogens (tertiary/aromatic N) is 6. The third-order valence-corrected chi connectivity index (χ3v) is 6.47. The number of hydrogen-bond donors (Lipinski definition) is 1. The number of nitrogens with one attached hydrogen (secondary N) is 1. The van der Waals surface area contributed by atoms with Gasteiger partial charge in [-0.05, 0) is 50.1 Å². The van der Waals surface area contributed by atoms with Crippen LogP contribution < -0.4 is 4.90 Å². The SMILES string of the molecule is CCN(CC)c1cccc(C(=O)N2CCN(C(Cc3ccc(C#N)cc3)c3cnc[nH]3)CC2)n1.Cl.Cl.Cl. The van der Waals surface area contributed by atoms with Gasteiger partial charge in [-0.15, -0.1) is 37.2 Å². The number of benzene rings is 1. The summed E-state index contributed by atoms with van der Waals surface area (Å²) in [6.45, 7) is 8.72. The van der Waals surface area contributed by atoms with Gasteiger partial charge in [-0.25, -0.2) is 9.97 Å². The van der Waals surface area contributed by atoms with Gasteiger partial charge in [0.15, 0.2) is 0 Å². The summed E-state index contributed by atoms with van der Waals surface area (Å²) in [5.74, 6) is 0.829. The number of halogens is 3. The molecule has 1 atom stereocenters. The minimum absolute atomic E-state index is 0. The molecule has 1 N–H and O–H groups in total. The van der Waals surface area contributed by atoms with Crippen LogP contribution in [0, 0.1) is 11.3 Å². The molecule has 1 amide bonds. The van der Waals surface area contributed by atoms with Crippen LogP contribution in [0.15, 0.2) is 55.0 Å². The third-order valence-electron chi connectivity index (χ3n) is 6.47. The predicted octanol–water partition coefficient (Wildman–Crippen LogP) is 4.53. The van der Waals surface area contributed by atoms with Crippen LogP contribution in [-0.4, -0.2) is 69.9 Å². The smallest absolute Gasteiger partial charge is 0.272 e. The summed E-state index contributed by atoms with van der Waals surface area (Å²) in [5, 5.41) is 9.07. The van der Waals surface area contributed by atoms with E-state index in [1.807, 2.05) is 47.5 Å². The lowest BCUT2D eigenvalue weighted by atomic mass is 10.0. The van der Waals surface area contributed by atoms with Crippen molar-refractivity contribution in [1.29, 1.82) is 5.26 Å². The van der Waals surface area contributed by atoms with Crippen LogP contribution in [-0.2, 0) is 6.42 Å². The minimum atomic E-state index is -0.0150. The Balaban J connectivity index is 0.00000228. The second-order valence-corrected chi connectivity index (χ2v) is 8.42. The summed E-state index contributed by atoms with van der Waals surface area (Å²) in [7, 11) is 0. The number of rotatable bonds is 8. The van der Waals surface area contributed by atoms with Gasteiger partial charge < -0.3 is 14.8 Å².